The molecule has 8 heteroatoms. The molecular weight excluding hydrogens is 356 g/mol. The average molecular weight is 380 g/mol. The monoisotopic (exact) mass is 380 g/mol. The molecule has 1 saturated heterocycles. The van der Waals surface area contributed by atoms with E-state index in [1.807, 2.05) is 0 Å². The summed E-state index contributed by atoms with van der Waals surface area (Å²) in [6.07, 6.45) is 4.10. The van der Waals surface area contributed by atoms with E-state index in [4.69, 9.17) is 5.11 Å². The zero-order chi connectivity index (χ0) is 18.7. The van der Waals surface area contributed by atoms with Crippen molar-refractivity contribution in [1.82, 2.24) is 9.62 Å². The summed E-state index contributed by atoms with van der Waals surface area (Å²) in [6, 6.07) is 6.14. The molecule has 1 amide bonds. The summed E-state index contributed by atoms with van der Waals surface area (Å²) >= 11 is 0. The van der Waals surface area contributed by atoms with Crippen molar-refractivity contribution in [3.05, 3.63) is 29.8 Å². The molecule has 1 aromatic rings. The van der Waals surface area contributed by atoms with Crippen molar-refractivity contribution in [2.75, 3.05) is 13.1 Å². The standard InChI is InChI=1S/C18H24N2O5S/c21-17(22)9-6-13-3-2-10-20(12-13)18(23)14-4-1-5-16(11-14)26(24,25)19-15-7-8-15/h1,4-5,11,13,15,19H,2-3,6-10,12H2,(H,21,22). The average Bonchev–Trinajstić information content (AvgIpc) is 3.43. The number of carboxylic acids is 1. The van der Waals surface area contributed by atoms with Crippen LogP contribution in [0.5, 0.6) is 0 Å². The molecule has 0 aromatic heterocycles. The highest BCUT2D eigenvalue weighted by Crippen LogP contribution is 2.25. The fourth-order valence-electron chi connectivity index (χ4n) is 3.28. The SMILES string of the molecule is O=C(O)CCC1CCCN(C(=O)c2cccc(S(=O)(=O)NC3CC3)c2)C1. The van der Waals surface area contributed by atoms with Gasteiger partial charge in [0.1, 0.15) is 0 Å². The van der Waals surface area contributed by atoms with Gasteiger partial charge in [0.05, 0.1) is 4.90 Å². The number of hydrogen-bond acceptors (Lipinski definition) is 4. The van der Waals surface area contributed by atoms with E-state index < -0.39 is 16.0 Å². The Hall–Kier alpha value is -1.93. The molecule has 2 N–H and O–H groups in total. The number of rotatable bonds is 7. The molecule has 1 atom stereocenters. The van der Waals surface area contributed by atoms with E-state index in [2.05, 4.69) is 4.72 Å². The van der Waals surface area contributed by atoms with E-state index in [1.165, 1.54) is 12.1 Å². The fraction of sp³-hybridized carbons (Fsp3) is 0.556. The normalized spacial score (nSPS) is 20.8. The molecule has 1 saturated carbocycles. The fourth-order valence-corrected chi connectivity index (χ4v) is 4.63. The maximum absolute atomic E-state index is 12.8. The Morgan fingerprint density at radius 2 is 2.00 bits per heavy atom. The van der Waals surface area contributed by atoms with Crippen molar-refractivity contribution in [2.24, 2.45) is 5.92 Å². The van der Waals surface area contributed by atoms with Crippen LogP contribution in [0.4, 0.5) is 0 Å². The first-order valence-corrected chi connectivity index (χ1v) is 10.5. The molecule has 2 aliphatic rings. The molecule has 1 heterocycles. The van der Waals surface area contributed by atoms with Crippen LogP contribution in [0.25, 0.3) is 0 Å². The van der Waals surface area contributed by atoms with Gasteiger partial charge in [-0.15, -0.1) is 0 Å². The number of hydrogen-bond donors (Lipinski definition) is 2. The molecule has 1 aliphatic carbocycles. The second-order valence-corrected chi connectivity index (χ2v) is 8.83. The number of nitrogens with one attached hydrogen (secondary N) is 1. The van der Waals surface area contributed by atoms with E-state index in [0.717, 1.165) is 25.7 Å². The molecule has 2 fully saturated rings. The van der Waals surface area contributed by atoms with Gasteiger partial charge in [-0.05, 0) is 56.2 Å². The van der Waals surface area contributed by atoms with Gasteiger partial charge in [0, 0.05) is 31.1 Å². The summed E-state index contributed by atoms with van der Waals surface area (Å²) in [4.78, 5) is 25.3. The Morgan fingerprint density at radius 1 is 1.23 bits per heavy atom. The predicted octanol–water partition coefficient (Wildman–Crippen LogP) is 1.84. The minimum atomic E-state index is -3.60. The van der Waals surface area contributed by atoms with E-state index in [9.17, 15) is 18.0 Å². The van der Waals surface area contributed by atoms with Crippen LogP contribution >= 0.6 is 0 Å². The van der Waals surface area contributed by atoms with Crippen molar-refractivity contribution in [2.45, 2.75) is 49.5 Å². The van der Waals surface area contributed by atoms with Gasteiger partial charge < -0.3 is 10.0 Å². The smallest absolute Gasteiger partial charge is 0.303 e. The second-order valence-electron chi connectivity index (χ2n) is 7.12. The zero-order valence-electron chi connectivity index (χ0n) is 14.6. The first kappa shape index (κ1) is 18.8. The number of nitrogens with zero attached hydrogens (tertiary/aromatic N) is 1. The number of amides is 1. The van der Waals surface area contributed by atoms with E-state index in [0.29, 0.717) is 25.1 Å². The molecule has 3 rings (SSSR count). The molecule has 7 nitrogen and oxygen atoms in total. The number of carbonyl (C=O) groups is 2. The summed E-state index contributed by atoms with van der Waals surface area (Å²) in [7, 11) is -3.60. The van der Waals surface area contributed by atoms with E-state index in [1.54, 1.807) is 17.0 Å². The number of benzene rings is 1. The van der Waals surface area contributed by atoms with Gasteiger partial charge in [0.2, 0.25) is 10.0 Å². The third kappa shape index (κ3) is 4.82. The topological polar surface area (TPSA) is 104 Å². The van der Waals surface area contributed by atoms with Gasteiger partial charge in [-0.25, -0.2) is 13.1 Å². The van der Waals surface area contributed by atoms with Gasteiger partial charge in [0.15, 0.2) is 0 Å². The van der Waals surface area contributed by atoms with Crippen molar-refractivity contribution >= 4 is 21.9 Å². The van der Waals surface area contributed by atoms with Gasteiger partial charge in [-0.2, -0.15) is 0 Å². The Morgan fingerprint density at radius 3 is 2.69 bits per heavy atom. The van der Waals surface area contributed by atoms with Gasteiger partial charge in [-0.3, -0.25) is 9.59 Å². The maximum Gasteiger partial charge on any atom is 0.303 e. The molecule has 0 spiro atoms. The largest absolute Gasteiger partial charge is 0.481 e. The van der Waals surface area contributed by atoms with Gasteiger partial charge in [-0.1, -0.05) is 6.07 Å². The lowest BCUT2D eigenvalue weighted by Gasteiger charge is -2.32. The maximum atomic E-state index is 12.8. The van der Waals surface area contributed by atoms with E-state index in [-0.39, 0.29) is 29.2 Å². The molecule has 0 bridgehead atoms. The highest BCUT2D eigenvalue weighted by atomic mass is 32.2. The summed E-state index contributed by atoms with van der Waals surface area (Å²) in [5, 5.41) is 8.83. The molecule has 1 aliphatic heterocycles. The minimum Gasteiger partial charge on any atom is -0.481 e. The number of sulfonamides is 1. The summed E-state index contributed by atoms with van der Waals surface area (Å²) in [5.74, 6) is -0.852. The second kappa shape index (κ2) is 7.75. The predicted molar refractivity (Wildman–Crippen MR) is 95.3 cm³/mol. The Bertz CT molecular complexity index is 789. The third-order valence-electron chi connectivity index (χ3n) is 4.86. The lowest BCUT2D eigenvalue weighted by molar-refractivity contribution is -0.137. The van der Waals surface area contributed by atoms with Crippen LogP contribution in [0.2, 0.25) is 0 Å². The Kier molecular flexibility index (Phi) is 5.62. The first-order valence-electron chi connectivity index (χ1n) is 8.98. The van der Waals surface area contributed by atoms with Crippen molar-refractivity contribution in [3.63, 3.8) is 0 Å². The van der Waals surface area contributed by atoms with Crippen LogP contribution in [0.15, 0.2) is 29.2 Å². The molecule has 1 aromatic carbocycles. The Labute approximate surface area is 153 Å². The van der Waals surface area contributed by atoms with Crippen LogP contribution in [-0.2, 0) is 14.8 Å². The third-order valence-corrected chi connectivity index (χ3v) is 6.38. The van der Waals surface area contributed by atoms with E-state index >= 15 is 0 Å². The van der Waals surface area contributed by atoms with Crippen molar-refractivity contribution in [3.8, 4) is 0 Å². The first-order chi connectivity index (χ1) is 12.3. The lowest BCUT2D eigenvalue weighted by atomic mass is 9.93. The number of carbonyl (C=O) groups excluding carboxylic acids is 1. The van der Waals surface area contributed by atoms with Crippen LogP contribution in [0.3, 0.4) is 0 Å². The minimum absolute atomic E-state index is 0.0106. The summed E-state index contributed by atoms with van der Waals surface area (Å²) < 4.78 is 27.3. The Balaban J connectivity index is 1.69. The molecule has 0 radical (unpaired) electrons. The lowest BCUT2D eigenvalue weighted by Crippen LogP contribution is -2.40. The zero-order valence-corrected chi connectivity index (χ0v) is 15.4. The van der Waals surface area contributed by atoms with Crippen LogP contribution in [0.1, 0.15) is 48.9 Å². The van der Waals surface area contributed by atoms with Crippen LogP contribution in [0, 0.1) is 5.92 Å². The molecule has 26 heavy (non-hydrogen) atoms. The molecule has 1 unspecified atom stereocenters. The van der Waals surface area contributed by atoms with Gasteiger partial charge >= 0.3 is 5.97 Å². The van der Waals surface area contributed by atoms with Crippen molar-refractivity contribution < 1.29 is 23.1 Å². The number of carboxylic acid groups (broad SMARTS) is 1. The van der Waals surface area contributed by atoms with Crippen molar-refractivity contribution in [1.29, 1.82) is 0 Å². The molecule has 142 valence electrons. The number of likely N-dealkylation sites (tertiary alicyclic amines) is 1. The summed E-state index contributed by atoms with van der Waals surface area (Å²) in [5.41, 5.74) is 0.350. The highest BCUT2D eigenvalue weighted by molar-refractivity contribution is 7.89. The summed E-state index contributed by atoms with van der Waals surface area (Å²) in [6.45, 7) is 1.13. The van der Waals surface area contributed by atoms with Crippen LogP contribution in [-0.4, -0.2) is 49.4 Å². The van der Waals surface area contributed by atoms with Crippen LogP contribution < -0.4 is 4.72 Å². The number of piperidine rings is 1. The molecular formula is C18H24N2O5S. The quantitative estimate of drug-likeness (QED) is 0.751. The van der Waals surface area contributed by atoms with Gasteiger partial charge in [0.25, 0.3) is 5.91 Å². The number of aliphatic carboxylic acids is 1. The highest BCUT2D eigenvalue weighted by Gasteiger charge is 2.29.